The average molecular weight is 392 g/mol. The number of rotatable bonds is 2. The second-order valence-electron chi connectivity index (χ2n) is 7.38. The van der Waals surface area contributed by atoms with Crippen molar-refractivity contribution in [2.75, 3.05) is 5.32 Å². The molecule has 1 saturated carbocycles. The van der Waals surface area contributed by atoms with Crippen LogP contribution >= 0.6 is 34.2 Å². The van der Waals surface area contributed by atoms with Crippen LogP contribution in [0.3, 0.4) is 0 Å². The molecule has 0 radical (unpaired) electrons. The fourth-order valence-electron chi connectivity index (χ4n) is 3.77. The molecular formula is C16H23ClIN. The Hall–Kier alpha value is 0.0400. The van der Waals surface area contributed by atoms with Crippen LogP contribution in [0.25, 0.3) is 0 Å². The Balaban J connectivity index is 2.14. The summed E-state index contributed by atoms with van der Waals surface area (Å²) >= 11 is 8.62. The van der Waals surface area contributed by atoms with Crippen LogP contribution in [0.1, 0.15) is 47.0 Å². The van der Waals surface area contributed by atoms with E-state index in [-0.39, 0.29) is 0 Å². The van der Waals surface area contributed by atoms with E-state index in [1.165, 1.54) is 22.8 Å². The minimum absolute atomic E-state index is 0.398. The smallest absolute Gasteiger partial charge is 0.0648 e. The summed E-state index contributed by atoms with van der Waals surface area (Å²) in [5.41, 5.74) is 1.87. The van der Waals surface area contributed by atoms with Gasteiger partial charge in [-0.1, -0.05) is 39.3 Å². The van der Waals surface area contributed by atoms with Gasteiger partial charge < -0.3 is 5.32 Å². The zero-order chi connectivity index (χ0) is 14.3. The van der Waals surface area contributed by atoms with Crippen molar-refractivity contribution in [3.8, 4) is 0 Å². The molecule has 1 fully saturated rings. The number of nitrogens with one attached hydrogen (secondary N) is 1. The number of hydrogen-bond donors (Lipinski definition) is 1. The topological polar surface area (TPSA) is 12.0 Å². The third-order valence-corrected chi connectivity index (χ3v) is 4.83. The Bertz CT molecular complexity index is 452. The Labute approximate surface area is 135 Å². The highest BCUT2D eigenvalue weighted by Gasteiger charge is 2.38. The summed E-state index contributed by atoms with van der Waals surface area (Å²) in [4.78, 5) is 0. The molecule has 1 aliphatic rings. The van der Waals surface area contributed by atoms with Gasteiger partial charge in [0.05, 0.1) is 10.7 Å². The van der Waals surface area contributed by atoms with Gasteiger partial charge in [-0.15, -0.1) is 0 Å². The summed E-state index contributed by atoms with van der Waals surface area (Å²) in [7, 11) is 0. The minimum atomic E-state index is 0.398. The van der Waals surface area contributed by atoms with Gasteiger partial charge in [0.2, 0.25) is 0 Å². The first kappa shape index (κ1) is 15.4. The van der Waals surface area contributed by atoms with E-state index >= 15 is 0 Å². The molecule has 1 nitrogen and oxygen atoms in total. The molecule has 0 aliphatic heterocycles. The van der Waals surface area contributed by atoms with Gasteiger partial charge in [-0.3, -0.25) is 0 Å². The van der Waals surface area contributed by atoms with Gasteiger partial charge in [-0.25, -0.2) is 0 Å². The van der Waals surface area contributed by atoms with Crippen LogP contribution in [0.5, 0.6) is 0 Å². The van der Waals surface area contributed by atoms with Crippen molar-refractivity contribution >= 4 is 39.9 Å². The standard InChI is InChI=1S/C16H23ClIN/c1-15(2)8-12(9-16(3,4)10-15)19-14-6-5-11(18)7-13(14)17/h5-7,12,19H,8-10H2,1-4H3. The second-order valence-corrected chi connectivity index (χ2v) is 9.03. The van der Waals surface area contributed by atoms with E-state index in [1.54, 1.807) is 0 Å². The first-order valence-corrected chi connectivity index (χ1v) is 8.34. The van der Waals surface area contributed by atoms with Crippen molar-refractivity contribution in [1.29, 1.82) is 0 Å². The van der Waals surface area contributed by atoms with Crippen LogP contribution < -0.4 is 5.32 Å². The second kappa shape index (κ2) is 5.44. The summed E-state index contributed by atoms with van der Waals surface area (Å²) < 4.78 is 1.18. The first-order valence-electron chi connectivity index (χ1n) is 6.89. The van der Waals surface area contributed by atoms with Gasteiger partial charge in [0.1, 0.15) is 0 Å². The van der Waals surface area contributed by atoms with Crippen LogP contribution in [0.4, 0.5) is 5.69 Å². The van der Waals surface area contributed by atoms with Crippen molar-refractivity contribution in [2.24, 2.45) is 10.8 Å². The maximum Gasteiger partial charge on any atom is 0.0648 e. The summed E-state index contributed by atoms with van der Waals surface area (Å²) in [5.74, 6) is 0. The normalized spacial score (nSPS) is 22.2. The lowest BCUT2D eigenvalue weighted by Crippen LogP contribution is -2.40. The molecule has 0 saturated heterocycles. The SMILES string of the molecule is CC1(C)CC(Nc2ccc(I)cc2Cl)CC(C)(C)C1. The fraction of sp³-hybridized carbons (Fsp3) is 0.625. The predicted molar refractivity (Wildman–Crippen MR) is 93.0 cm³/mol. The Morgan fingerprint density at radius 1 is 1.16 bits per heavy atom. The molecule has 19 heavy (non-hydrogen) atoms. The largest absolute Gasteiger partial charge is 0.381 e. The van der Waals surface area contributed by atoms with Gasteiger partial charge in [0, 0.05) is 9.61 Å². The Morgan fingerprint density at radius 3 is 2.26 bits per heavy atom. The molecular weight excluding hydrogens is 369 g/mol. The van der Waals surface area contributed by atoms with Gasteiger partial charge >= 0.3 is 0 Å². The molecule has 0 aromatic heterocycles. The lowest BCUT2D eigenvalue weighted by Gasteiger charge is -2.45. The van der Waals surface area contributed by atoms with Crippen molar-refractivity contribution in [3.05, 3.63) is 26.8 Å². The first-order chi connectivity index (χ1) is 8.67. The van der Waals surface area contributed by atoms with Crippen molar-refractivity contribution < 1.29 is 0 Å². The fourth-order valence-corrected chi connectivity index (χ4v) is 4.68. The summed E-state index contributed by atoms with van der Waals surface area (Å²) in [6.07, 6.45) is 3.70. The molecule has 3 heteroatoms. The van der Waals surface area contributed by atoms with Crippen LogP contribution in [-0.4, -0.2) is 6.04 Å². The number of benzene rings is 1. The molecule has 0 bridgehead atoms. The van der Waals surface area contributed by atoms with Crippen LogP contribution in [-0.2, 0) is 0 Å². The summed E-state index contributed by atoms with van der Waals surface area (Å²) in [5, 5.41) is 4.48. The maximum atomic E-state index is 6.32. The van der Waals surface area contributed by atoms with Crippen molar-refractivity contribution in [2.45, 2.75) is 53.0 Å². The molecule has 1 aromatic rings. The van der Waals surface area contributed by atoms with E-state index < -0.39 is 0 Å². The third-order valence-electron chi connectivity index (χ3n) is 3.85. The molecule has 0 atom stereocenters. The monoisotopic (exact) mass is 391 g/mol. The summed E-state index contributed by atoms with van der Waals surface area (Å²) in [6, 6.07) is 6.73. The molecule has 0 spiro atoms. The number of hydrogen-bond acceptors (Lipinski definition) is 1. The van der Waals surface area contributed by atoms with E-state index in [9.17, 15) is 0 Å². The van der Waals surface area contributed by atoms with Crippen molar-refractivity contribution in [1.82, 2.24) is 0 Å². The minimum Gasteiger partial charge on any atom is -0.381 e. The third kappa shape index (κ3) is 4.25. The van der Waals surface area contributed by atoms with Crippen LogP contribution in [0.2, 0.25) is 5.02 Å². The molecule has 0 heterocycles. The van der Waals surface area contributed by atoms with E-state index in [1.807, 2.05) is 6.07 Å². The number of halogens is 2. The van der Waals surface area contributed by atoms with Crippen LogP contribution in [0, 0.1) is 14.4 Å². The van der Waals surface area contributed by atoms with Crippen LogP contribution in [0.15, 0.2) is 18.2 Å². The van der Waals surface area contributed by atoms with Crippen molar-refractivity contribution in [3.63, 3.8) is 0 Å². The van der Waals surface area contributed by atoms with E-state index in [2.05, 4.69) is 67.7 Å². The Morgan fingerprint density at radius 2 is 1.74 bits per heavy atom. The molecule has 0 unspecified atom stereocenters. The number of anilines is 1. The van der Waals surface area contributed by atoms with E-state index in [0.29, 0.717) is 16.9 Å². The average Bonchev–Trinajstić information content (AvgIpc) is 2.17. The molecule has 1 aromatic carbocycles. The highest BCUT2D eigenvalue weighted by molar-refractivity contribution is 14.1. The molecule has 1 N–H and O–H groups in total. The van der Waals surface area contributed by atoms with Gasteiger partial charge in [-0.05, 0) is 70.9 Å². The maximum absolute atomic E-state index is 6.32. The predicted octanol–water partition coefficient (Wildman–Crippen LogP) is 5.96. The molecule has 106 valence electrons. The highest BCUT2D eigenvalue weighted by atomic mass is 127. The lowest BCUT2D eigenvalue weighted by atomic mass is 9.63. The van der Waals surface area contributed by atoms with E-state index in [4.69, 9.17) is 11.6 Å². The quantitative estimate of drug-likeness (QED) is 0.613. The highest BCUT2D eigenvalue weighted by Crippen LogP contribution is 2.46. The Kier molecular flexibility index (Phi) is 4.41. The van der Waals surface area contributed by atoms with Gasteiger partial charge in [-0.2, -0.15) is 0 Å². The van der Waals surface area contributed by atoms with Gasteiger partial charge in [0.25, 0.3) is 0 Å². The van der Waals surface area contributed by atoms with E-state index in [0.717, 1.165) is 10.7 Å². The molecule has 0 amide bonds. The lowest BCUT2D eigenvalue weighted by molar-refractivity contribution is 0.105. The zero-order valence-electron chi connectivity index (χ0n) is 12.2. The molecule has 1 aliphatic carbocycles. The summed E-state index contributed by atoms with van der Waals surface area (Å²) in [6.45, 7) is 9.49. The molecule has 2 rings (SSSR count). The van der Waals surface area contributed by atoms with Gasteiger partial charge in [0.15, 0.2) is 0 Å². The zero-order valence-corrected chi connectivity index (χ0v) is 15.1.